The molecule has 1 aromatic heterocycles. The number of carboxylic acids is 1. The number of aromatic nitrogens is 1. The van der Waals surface area contributed by atoms with Gasteiger partial charge in [0, 0.05) is 9.69 Å². The first-order valence-corrected chi connectivity index (χ1v) is 8.41. The Morgan fingerprint density at radius 3 is 2.87 bits per heavy atom. The van der Waals surface area contributed by atoms with Crippen molar-refractivity contribution in [1.29, 1.82) is 0 Å². The molecule has 3 rings (SSSR count). The van der Waals surface area contributed by atoms with E-state index in [9.17, 15) is 19.8 Å². The average Bonchev–Trinajstić information content (AvgIpc) is 2.94. The van der Waals surface area contributed by atoms with Crippen LogP contribution in [-0.4, -0.2) is 21.6 Å². The van der Waals surface area contributed by atoms with E-state index in [-0.39, 0.29) is 20.3 Å². The number of carboxylic acid groups (broad SMARTS) is 1. The van der Waals surface area contributed by atoms with Gasteiger partial charge in [0.1, 0.15) is 4.88 Å². The van der Waals surface area contributed by atoms with Crippen LogP contribution in [-0.2, 0) is 9.59 Å². The van der Waals surface area contributed by atoms with Gasteiger partial charge in [0.25, 0.3) is 5.91 Å². The van der Waals surface area contributed by atoms with Crippen LogP contribution < -0.4 is 15.7 Å². The number of hydrogen-bond acceptors (Lipinski definition) is 6. The molecule has 1 N–H and O–H groups in total. The molecule has 1 aliphatic rings. The molecule has 1 amide bonds. The second kappa shape index (κ2) is 5.66. The van der Waals surface area contributed by atoms with Crippen LogP contribution in [0.2, 0.25) is 0 Å². The van der Waals surface area contributed by atoms with Gasteiger partial charge in [0.05, 0.1) is 22.9 Å². The van der Waals surface area contributed by atoms with E-state index in [1.54, 1.807) is 18.2 Å². The zero-order chi connectivity index (χ0) is 16.9. The number of rotatable bonds is 3. The minimum absolute atomic E-state index is 0.137. The van der Waals surface area contributed by atoms with Crippen molar-refractivity contribution >= 4 is 56.9 Å². The van der Waals surface area contributed by atoms with Gasteiger partial charge in [-0.15, -0.1) is 11.3 Å². The van der Waals surface area contributed by atoms with Crippen LogP contribution in [0.15, 0.2) is 27.7 Å². The van der Waals surface area contributed by atoms with Crippen LogP contribution in [0.5, 0.6) is 5.88 Å². The van der Waals surface area contributed by atoms with Gasteiger partial charge in [0.15, 0.2) is 3.95 Å². The van der Waals surface area contributed by atoms with E-state index in [4.69, 9.17) is 12.2 Å². The zero-order valence-corrected chi connectivity index (χ0v) is 14.8. The number of amides is 1. The molecule has 0 aliphatic carbocycles. The Labute approximate surface area is 147 Å². The molecule has 9 heteroatoms. The maximum Gasteiger partial charge on any atom is 0.279 e. The Morgan fingerprint density at radius 2 is 2.22 bits per heavy atom. The largest absolute Gasteiger partial charge is 0.548 e. The summed E-state index contributed by atoms with van der Waals surface area (Å²) >= 11 is 9.41. The minimum Gasteiger partial charge on any atom is -0.548 e. The molecule has 2 aromatic rings. The fourth-order valence-electron chi connectivity index (χ4n) is 2.29. The number of halogens is 1. The van der Waals surface area contributed by atoms with E-state index < -0.39 is 17.9 Å². The molecule has 1 atom stereocenters. The number of nitrogens with zero attached hydrogens (tertiary/aromatic N) is 2. The van der Waals surface area contributed by atoms with Crippen molar-refractivity contribution in [2.75, 3.05) is 0 Å². The summed E-state index contributed by atoms with van der Waals surface area (Å²) in [6.07, 6.45) is 0. The van der Waals surface area contributed by atoms with Gasteiger partial charge in [-0.25, -0.2) is 4.99 Å². The smallest absolute Gasteiger partial charge is 0.279 e. The van der Waals surface area contributed by atoms with Crippen molar-refractivity contribution in [1.82, 2.24) is 4.57 Å². The van der Waals surface area contributed by atoms with Gasteiger partial charge in [-0.1, -0.05) is 15.9 Å². The summed E-state index contributed by atoms with van der Waals surface area (Å²) in [4.78, 5) is 27.4. The highest BCUT2D eigenvalue weighted by Gasteiger charge is 2.26. The number of aliphatic carboxylic acids is 1. The third-order valence-corrected chi connectivity index (χ3v) is 5.34. The molecular formula is C14H8BrN2O4S2-. The lowest BCUT2D eigenvalue weighted by Crippen LogP contribution is -2.31. The molecule has 23 heavy (non-hydrogen) atoms. The monoisotopic (exact) mass is 411 g/mol. The van der Waals surface area contributed by atoms with Crippen LogP contribution in [0.25, 0.3) is 5.57 Å². The molecule has 0 unspecified atom stereocenters. The lowest BCUT2D eigenvalue weighted by molar-refractivity contribution is -0.309. The van der Waals surface area contributed by atoms with Gasteiger partial charge < -0.3 is 15.0 Å². The molecule has 0 saturated heterocycles. The van der Waals surface area contributed by atoms with E-state index in [1.165, 1.54) is 6.92 Å². The first kappa shape index (κ1) is 16.0. The van der Waals surface area contributed by atoms with Crippen molar-refractivity contribution in [3.05, 3.63) is 42.1 Å². The van der Waals surface area contributed by atoms with Crippen LogP contribution >= 0.6 is 39.5 Å². The number of carbonyl (C=O) groups is 2. The van der Waals surface area contributed by atoms with Crippen molar-refractivity contribution in [3.8, 4) is 5.88 Å². The van der Waals surface area contributed by atoms with Crippen LogP contribution in [0.3, 0.4) is 0 Å². The minimum atomic E-state index is -1.38. The predicted octanol–water partition coefficient (Wildman–Crippen LogP) is 0.417. The number of benzene rings is 1. The fourth-order valence-corrected chi connectivity index (χ4v) is 4.16. The van der Waals surface area contributed by atoms with Crippen molar-refractivity contribution < 1.29 is 19.8 Å². The van der Waals surface area contributed by atoms with Gasteiger partial charge in [-0.05, 0) is 37.3 Å². The molecule has 6 nitrogen and oxygen atoms in total. The van der Waals surface area contributed by atoms with E-state index in [0.717, 1.165) is 20.4 Å². The second-order valence-electron chi connectivity index (χ2n) is 4.84. The van der Waals surface area contributed by atoms with E-state index in [2.05, 4.69) is 20.9 Å². The summed E-state index contributed by atoms with van der Waals surface area (Å²) in [5.74, 6) is -2.25. The highest BCUT2D eigenvalue weighted by molar-refractivity contribution is 9.10. The van der Waals surface area contributed by atoms with Gasteiger partial charge in [0.2, 0.25) is 5.88 Å². The average molecular weight is 412 g/mol. The number of carbonyl (C=O) groups excluding carboxylic acids is 2. The quantitative estimate of drug-likeness (QED) is 0.738. The first-order chi connectivity index (χ1) is 10.8. The molecule has 0 saturated carbocycles. The van der Waals surface area contributed by atoms with E-state index in [0.29, 0.717) is 10.6 Å². The summed E-state index contributed by atoms with van der Waals surface area (Å²) in [6, 6.07) is 4.00. The molecule has 118 valence electrons. The third-order valence-electron chi connectivity index (χ3n) is 3.44. The summed E-state index contributed by atoms with van der Waals surface area (Å²) in [6.45, 7) is 1.34. The fraction of sp³-hybridized carbons (Fsp3) is 0.143. The molecule has 2 heterocycles. The highest BCUT2D eigenvalue weighted by Crippen LogP contribution is 2.34. The molecule has 0 radical (unpaired) electrons. The Bertz CT molecular complexity index is 1040. The predicted molar refractivity (Wildman–Crippen MR) is 87.0 cm³/mol. The Morgan fingerprint density at radius 1 is 1.52 bits per heavy atom. The molecule has 1 aromatic carbocycles. The van der Waals surface area contributed by atoms with Crippen molar-refractivity contribution in [3.63, 3.8) is 0 Å². The molecule has 0 spiro atoms. The first-order valence-electron chi connectivity index (χ1n) is 6.39. The lowest BCUT2D eigenvalue weighted by atomic mass is 10.1. The van der Waals surface area contributed by atoms with Gasteiger partial charge >= 0.3 is 0 Å². The summed E-state index contributed by atoms with van der Waals surface area (Å²) in [5.41, 5.74) is 0.208. The summed E-state index contributed by atoms with van der Waals surface area (Å²) in [7, 11) is 0. The SMILES string of the molecule is C[C@H](C(=O)[O-])n1c(O)c(C2=c3cc(Br)ccc3=NC2=O)sc1=S. The van der Waals surface area contributed by atoms with Crippen LogP contribution in [0, 0.1) is 3.95 Å². The maximum absolute atomic E-state index is 12.2. The lowest BCUT2D eigenvalue weighted by Gasteiger charge is -2.15. The highest BCUT2D eigenvalue weighted by atomic mass is 79.9. The van der Waals surface area contributed by atoms with E-state index >= 15 is 0 Å². The number of hydrogen-bond donors (Lipinski definition) is 1. The Kier molecular flexibility index (Phi) is 3.95. The molecule has 0 bridgehead atoms. The standard InChI is InChI=1S/C14H9BrN2O4S2/c1-5(13(20)21)17-12(19)10(23-14(17)22)9-7-4-6(15)2-3-8(7)16-11(9)18/h2-5,19H,1H3,(H,20,21)/p-1/t5-/m1/s1. The van der Waals surface area contributed by atoms with Crippen molar-refractivity contribution in [2.45, 2.75) is 13.0 Å². The number of fused-ring (bicyclic) bond motifs is 1. The molecular weight excluding hydrogens is 404 g/mol. The van der Waals surface area contributed by atoms with Gasteiger partial charge in [-0.2, -0.15) is 0 Å². The molecule has 1 aliphatic heterocycles. The van der Waals surface area contributed by atoms with E-state index in [1.807, 2.05) is 0 Å². The third kappa shape index (κ3) is 2.54. The maximum atomic E-state index is 12.2. The Hall–Kier alpha value is -1.84. The summed E-state index contributed by atoms with van der Waals surface area (Å²) in [5, 5.41) is 22.5. The Balaban J connectivity index is 2.33. The zero-order valence-electron chi connectivity index (χ0n) is 11.6. The second-order valence-corrected chi connectivity index (χ2v) is 7.40. The number of thiazole rings is 1. The van der Waals surface area contributed by atoms with Crippen LogP contribution in [0.1, 0.15) is 17.8 Å². The van der Waals surface area contributed by atoms with Crippen molar-refractivity contribution in [2.24, 2.45) is 4.99 Å². The molecule has 0 fully saturated rings. The van der Waals surface area contributed by atoms with Crippen LogP contribution in [0.4, 0.5) is 0 Å². The number of aromatic hydroxyl groups is 1. The topological polar surface area (TPSA) is 94.7 Å². The normalized spacial score (nSPS) is 14.5. The summed E-state index contributed by atoms with van der Waals surface area (Å²) < 4.78 is 1.95. The van der Waals surface area contributed by atoms with Gasteiger partial charge in [-0.3, -0.25) is 9.36 Å².